The molecular weight excluding hydrogens is 206 g/mol. The van der Waals surface area contributed by atoms with Gasteiger partial charge in [0.1, 0.15) is 11.6 Å². The van der Waals surface area contributed by atoms with Crippen LogP contribution >= 0.6 is 0 Å². The molecule has 0 spiro atoms. The Balaban J connectivity index is 2.50. The summed E-state index contributed by atoms with van der Waals surface area (Å²) >= 11 is 0. The van der Waals surface area contributed by atoms with E-state index in [0.717, 1.165) is 0 Å². The SMILES string of the molecule is N#Cc1ccc(-c2cc[n+]([O-])cc2)[nH]c1=O. The molecule has 0 atom stereocenters. The lowest BCUT2D eigenvalue weighted by Gasteiger charge is -2.01. The molecule has 16 heavy (non-hydrogen) atoms. The van der Waals surface area contributed by atoms with Crippen molar-refractivity contribution in [1.29, 1.82) is 5.26 Å². The highest BCUT2D eigenvalue weighted by Crippen LogP contribution is 2.12. The van der Waals surface area contributed by atoms with Crippen molar-refractivity contribution in [3.63, 3.8) is 0 Å². The van der Waals surface area contributed by atoms with Crippen LogP contribution in [-0.4, -0.2) is 4.98 Å². The van der Waals surface area contributed by atoms with Gasteiger partial charge in [-0.05, 0) is 12.1 Å². The number of H-pyrrole nitrogens is 1. The smallest absolute Gasteiger partial charge is 0.266 e. The molecule has 5 heteroatoms. The van der Waals surface area contributed by atoms with E-state index < -0.39 is 5.56 Å². The summed E-state index contributed by atoms with van der Waals surface area (Å²) in [5.74, 6) is 0. The molecule has 0 aliphatic carbocycles. The number of nitrogens with one attached hydrogen (secondary N) is 1. The van der Waals surface area contributed by atoms with Crippen molar-refractivity contribution in [2.75, 3.05) is 0 Å². The summed E-state index contributed by atoms with van der Waals surface area (Å²) in [5, 5.41) is 19.4. The van der Waals surface area contributed by atoms with Gasteiger partial charge in [0.25, 0.3) is 5.56 Å². The number of aromatic nitrogens is 2. The van der Waals surface area contributed by atoms with Crippen LogP contribution in [0.4, 0.5) is 0 Å². The summed E-state index contributed by atoms with van der Waals surface area (Å²) < 4.78 is 0.658. The van der Waals surface area contributed by atoms with Gasteiger partial charge in [-0.25, -0.2) is 0 Å². The molecule has 1 N–H and O–H groups in total. The van der Waals surface area contributed by atoms with Gasteiger partial charge in [0.15, 0.2) is 12.4 Å². The van der Waals surface area contributed by atoms with Crippen molar-refractivity contribution in [2.24, 2.45) is 0 Å². The van der Waals surface area contributed by atoms with E-state index in [-0.39, 0.29) is 5.56 Å². The molecule has 2 rings (SSSR count). The van der Waals surface area contributed by atoms with Gasteiger partial charge in [-0.2, -0.15) is 9.99 Å². The first-order valence-electron chi connectivity index (χ1n) is 4.53. The fourth-order valence-corrected chi connectivity index (χ4v) is 1.32. The third kappa shape index (κ3) is 1.77. The summed E-state index contributed by atoms with van der Waals surface area (Å²) in [7, 11) is 0. The highest BCUT2D eigenvalue weighted by atomic mass is 16.5. The molecule has 0 amide bonds. The number of aromatic amines is 1. The maximum absolute atomic E-state index is 11.4. The molecule has 0 saturated heterocycles. The minimum Gasteiger partial charge on any atom is -0.619 e. The van der Waals surface area contributed by atoms with Crippen molar-refractivity contribution < 1.29 is 4.73 Å². The Morgan fingerprint density at radius 3 is 2.50 bits per heavy atom. The highest BCUT2D eigenvalue weighted by molar-refractivity contribution is 5.58. The second-order valence-corrected chi connectivity index (χ2v) is 3.17. The number of hydrogen-bond acceptors (Lipinski definition) is 3. The second kappa shape index (κ2) is 3.87. The molecule has 0 saturated carbocycles. The van der Waals surface area contributed by atoms with Crippen molar-refractivity contribution in [2.45, 2.75) is 0 Å². The third-order valence-electron chi connectivity index (χ3n) is 2.14. The lowest BCUT2D eigenvalue weighted by atomic mass is 10.1. The van der Waals surface area contributed by atoms with Gasteiger partial charge in [-0.15, -0.1) is 0 Å². The fraction of sp³-hybridized carbons (Fsp3) is 0. The molecule has 0 unspecified atom stereocenters. The molecule has 5 nitrogen and oxygen atoms in total. The zero-order chi connectivity index (χ0) is 11.5. The van der Waals surface area contributed by atoms with Gasteiger partial charge < -0.3 is 10.2 Å². The van der Waals surface area contributed by atoms with Gasteiger partial charge in [0.05, 0.1) is 0 Å². The van der Waals surface area contributed by atoms with Gasteiger partial charge in [-0.3, -0.25) is 4.79 Å². The second-order valence-electron chi connectivity index (χ2n) is 3.17. The summed E-state index contributed by atoms with van der Waals surface area (Å²) in [4.78, 5) is 13.9. The van der Waals surface area contributed by atoms with Crippen molar-refractivity contribution >= 4 is 0 Å². The summed E-state index contributed by atoms with van der Waals surface area (Å²) in [6.07, 6.45) is 2.68. The van der Waals surface area contributed by atoms with E-state index in [1.807, 2.05) is 0 Å². The van der Waals surface area contributed by atoms with Gasteiger partial charge in [0, 0.05) is 23.4 Å². The van der Waals surface area contributed by atoms with Crippen LogP contribution in [-0.2, 0) is 0 Å². The minimum absolute atomic E-state index is 0.0681. The van der Waals surface area contributed by atoms with Gasteiger partial charge in [-0.1, -0.05) is 0 Å². The predicted octanol–water partition coefficient (Wildman–Crippen LogP) is 0.547. The molecule has 2 aromatic rings. The minimum atomic E-state index is -0.432. The number of hydrogen-bond donors (Lipinski definition) is 1. The lowest BCUT2D eigenvalue weighted by molar-refractivity contribution is -0.605. The van der Waals surface area contributed by atoms with Crippen LogP contribution in [0.5, 0.6) is 0 Å². The standard InChI is InChI=1S/C11H7N3O2/c12-7-9-1-2-10(13-11(9)15)8-3-5-14(16)6-4-8/h1-6H,(H,13,15). The van der Waals surface area contributed by atoms with E-state index in [9.17, 15) is 10.0 Å². The fourth-order valence-electron chi connectivity index (χ4n) is 1.32. The average molecular weight is 213 g/mol. The van der Waals surface area contributed by atoms with E-state index in [2.05, 4.69) is 4.98 Å². The van der Waals surface area contributed by atoms with Crippen LogP contribution in [0.2, 0.25) is 0 Å². The van der Waals surface area contributed by atoms with Crippen LogP contribution in [0.1, 0.15) is 5.56 Å². The summed E-state index contributed by atoms with van der Waals surface area (Å²) in [6.45, 7) is 0. The van der Waals surface area contributed by atoms with E-state index in [1.165, 1.54) is 18.5 Å². The first-order valence-corrected chi connectivity index (χ1v) is 4.53. The molecule has 0 aliphatic heterocycles. The van der Waals surface area contributed by atoms with E-state index in [1.54, 1.807) is 24.3 Å². The normalized spacial score (nSPS) is 9.69. The Hall–Kier alpha value is -2.61. The van der Waals surface area contributed by atoms with Crippen molar-refractivity contribution in [3.8, 4) is 17.3 Å². The number of rotatable bonds is 1. The third-order valence-corrected chi connectivity index (χ3v) is 2.14. The monoisotopic (exact) mass is 213 g/mol. The molecule has 0 fully saturated rings. The quantitative estimate of drug-likeness (QED) is 0.554. The van der Waals surface area contributed by atoms with E-state index >= 15 is 0 Å². The Morgan fingerprint density at radius 2 is 1.94 bits per heavy atom. The van der Waals surface area contributed by atoms with Crippen LogP contribution in [0.3, 0.4) is 0 Å². The van der Waals surface area contributed by atoms with Crippen molar-refractivity contribution in [1.82, 2.24) is 4.98 Å². The summed E-state index contributed by atoms with van der Waals surface area (Å²) in [5.41, 5.74) is 0.927. The van der Waals surface area contributed by atoms with Gasteiger partial charge in [0.2, 0.25) is 0 Å². The average Bonchev–Trinajstić information content (AvgIpc) is 2.30. The predicted molar refractivity (Wildman–Crippen MR) is 56.2 cm³/mol. The van der Waals surface area contributed by atoms with E-state index in [0.29, 0.717) is 16.0 Å². The molecule has 0 aromatic carbocycles. The first-order chi connectivity index (χ1) is 7.70. The maximum atomic E-state index is 11.4. The Bertz CT molecular complexity index is 608. The van der Waals surface area contributed by atoms with Crippen LogP contribution < -0.4 is 10.3 Å². The number of pyridine rings is 2. The number of nitriles is 1. The molecule has 0 radical (unpaired) electrons. The largest absolute Gasteiger partial charge is 0.619 e. The number of nitrogens with zero attached hydrogens (tertiary/aromatic N) is 2. The van der Waals surface area contributed by atoms with Crippen LogP contribution in [0, 0.1) is 16.5 Å². The molecule has 0 bridgehead atoms. The molecule has 2 aromatic heterocycles. The van der Waals surface area contributed by atoms with Crippen LogP contribution in [0.15, 0.2) is 41.5 Å². The van der Waals surface area contributed by atoms with Crippen molar-refractivity contribution in [3.05, 3.63) is 57.8 Å². The molecule has 78 valence electrons. The lowest BCUT2D eigenvalue weighted by Crippen LogP contribution is -2.23. The Kier molecular flexibility index (Phi) is 2.40. The van der Waals surface area contributed by atoms with Gasteiger partial charge >= 0.3 is 0 Å². The zero-order valence-corrected chi connectivity index (χ0v) is 8.18. The molecule has 0 aliphatic rings. The zero-order valence-electron chi connectivity index (χ0n) is 8.18. The topological polar surface area (TPSA) is 83.6 Å². The Morgan fingerprint density at radius 1 is 1.25 bits per heavy atom. The highest BCUT2D eigenvalue weighted by Gasteiger charge is 2.03. The summed E-state index contributed by atoms with van der Waals surface area (Å²) in [6, 6.07) is 8.04. The van der Waals surface area contributed by atoms with Crippen LogP contribution in [0.25, 0.3) is 11.3 Å². The molecular formula is C11H7N3O2. The maximum Gasteiger partial charge on any atom is 0.266 e. The molecule has 2 heterocycles. The first kappa shape index (κ1) is 9.93. The Labute approximate surface area is 90.8 Å². The van der Waals surface area contributed by atoms with E-state index in [4.69, 9.17) is 5.26 Å².